The number of hydrogen-bond acceptors (Lipinski definition) is 3. The summed E-state index contributed by atoms with van der Waals surface area (Å²) in [6.45, 7) is 7.64. The van der Waals surface area contributed by atoms with Gasteiger partial charge in [0.05, 0.1) is 12.5 Å². The van der Waals surface area contributed by atoms with Crippen LogP contribution in [0.2, 0.25) is 0 Å². The summed E-state index contributed by atoms with van der Waals surface area (Å²) in [5, 5.41) is 1.02. The number of rotatable bonds is 5. The summed E-state index contributed by atoms with van der Waals surface area (Å²) in [4.78, 5) is 14.0. The van der Waals surface area contributed by atoms with Gasteiger partial charge < -0.3 is 9.64 Å². The lowest BCUT2D eigenvalue weighted by Crippen LogP contribution is -2.41. The Morgan fingerprint density at radius 3 is 3.00 bits per heavy atom. The lowest BCUT2D eigenvalue weighted by molar-refractivity contribution is -0.150. The predicted octanol–water partition coefficient (Wildman–Crippen LogP) is 2.29. The highest BCUT2D eigenvalue weighted by Crippen LogP contribution is 2.19. The number of carbonyl (C=O) groups excluding carboxylic acids is 1. The molecule has 0 radical (unpaired) electrons. The summed E-state index contributed by atoms with van der Waals surface area (Å²) >= 11 is 3.49. The van der Waals surface area contributed by atoms with E-state index in [4.69, 9.17) is 4.74 Å². The molecule has 0 spiro atoms. The number of ether oxygens (including phenoxy) is 1. The van der Waals surface area contributed by atoms with Crippen LogP contribution in [-0.4, -0.2) is 42.4 Å². The molecule has 16 heavy (non-hydrogen) atoms. The molecule has 1 fully saturated rings. The largest absolute Gasteiger partial charge is 0.466 e. The van der Waals surface area contributed by atoms with Gasteiger partial charge in [-0.15, -0.1) is 0 Å². The fourth-order valence-electron chi connectivity index (χ4n) is 2.16. The van der Waals surface area contributed by atoms with Crippen LogP contribution in [0.1, 0.15) is 26.7 Å². The van der Waals surface area contributed by atoms with Crippen molar-refractivity contribution in [2.75, 3.05) is 31.6 Å². The van der Waals surface area contributed by atoms with Crippen LogP contribution < -0.4 is 0 Å². The molecule has 0 aliphatic carbocycles. The first-order chi connectivity index (χ1) is 7.67. The van der Waals surface area contributed by atoms with Crippen molar-refractivity contribution in [3.63, 3.8) is 0 Å². The monoisotopic (exact) mass is 291 g/mol. The van der Waals surface area contributed by atoms with E-state index in [1.807, 2.05) is 6.92 Å². The maximum absolute atomic E-state index is 11.6. The number of likely N-dealkylation sites (tertiary alicyclic amines) is 1. The van der Waals surface area contributed by atoms with E-state index >= 15 is 0 Å². The third-order valence-corrected chi connectivity index (χ3v) is 4.06. The Bertz CT molecular complexity index is 223. The second-order valence-electron chi connectivity index (χ2n) is 4.61. The molecule has 2 atom stereocenters. The minimum atomic E-state index is -0.0151. The lowest BCUT2D eigenvalue weighted by Gasteiger charge is -2.32. The Balaban J connectivity index is 2.37. The van der Waals surface area contributed by atoms with Crippen LogP contribution >= 0.6 is 15.9 Å². The maximum Gasteiger partial charge on any atom is 0.310 e. The van der Waals surface area contributed by atoms with Gasteiger partial charge in [0, 0.05) is 18.4 Å². The minimum absolute atomic E-state index is 0.0151. The van der Waals surface area contributed by atoms with Gasteiger partial charge in [-0.05, 0) is 32.2 Å². The number of nitrogens with zero attached hydrogens (tertiary/aromatic N) is 1. The van der Waals surface area contributed by atoms with Gasteiger partial charge in [-0.2, -0.15) is 0 Å². The van der Waals surface area contributed by atoms with E-state index in [0.29, 0.717) is 12.5 Å². The molecule has 1 saturated heterocycles. The normalized spacial score (nSPS) is 24.1. The molecule has 0 aromatic carbocycles. The smallest absolute Gasteiger partial charge is 0.310 e. The third-order valence-electron chi connectivity index (χ3n) is 2.96. The average Bonchev–Trinajstić information content (AvgIpc) is 2.29. The van der Waals surface area contributed by atoms with E-state index in [2.05, 4.69) is 27.8 Å². The molecule has 2 unspecified atom stereocenters. The molecule has 0 aromatic rings. The fourth-order valence-corrected chi connectivity index (χ4v) is 2.37. The summed E-state index contributed by atoms with van der Waals surface area (Å²) in [6.07, 6.45) is 2.09. The van der Waals surface area contributed by atoms with Crippen molar-refractivity contribution in [3.8, 4) is 0 Å². The van der Waals surface area contributed by atoms with Crippen molar-refractivity contribution in [3.05, 3.63) is 0 Å². The Labute approximate surface area is 107 Å². The first-order valence-electron chi connectivity index (χ1n) is 6.12. The van der Waals surface area contributed by atoms with Crippen molar-refractivity contribution >= 4 is 21.9 Å². The summed E-state index contributed by atoms with van der Waals surface area (Å²) < 4.78 is 5.09. The summed E-state index contributed by atoms with van der Waals surface area (Å²) in [5.74, 6) is 0.718. The number of esters is 1. The average molecular weight is 292 g/mol. The Morgan fingerprint density at radius 1 is 1.62 bits per heavy atom. The molecule has 1 aliphatic rings. The molecule has 4 heteroatoms. The van der Waals surface area contributed by atoms with Crippen LogP contribution in [-0.2, 0) is 9.53 Å². The molecular formula is C12H22BrNO2. The van der Waals surface area contributed by atoms with Crippen molar-refractivity contribution in [1.82, 2.24) is 4.90 Å². The highest BCUT2D eigenvalue weighted by molar-refractivity contribution is 9.09. The molecule has 0 bridgehead atoms. The Morgan fingerprint density at radius 2 is 2.38 bits per heavy atom. The fraction of sp³-hybridized carbons (Fsp3) is 0.917. The SMILES string of the molecule is CCOC(=O)C1CCCN(CC(C)CBr)C1. The van der Waals surface area contributed by atoms with Gasteiger partial charge in [0.2, 0.25) is 0 Å². The highest BCUT2D eigenvalue weighted by Gasteiger charge is 2.27. The van der Waals surface area contributed by atoms with Crippen LogP contribution in [0.4, 0.5) is 0 Å². The summed E-state index contributed by atoms with van der Waals surface area (Å²) in [6, 6.07) is 0. The zero-order valence-corrected chi connectivity index (χ0v) is 11.8. The van der Waals surface area contributed by atoms with Crippen LogP contribution in [0.15, 0.2) is 0 Å². The summed E-state index contributed by atoms with van der Waals surface area (Å²) in [7, 11) is 0. The van der Waals surface area contributed by atoms with Gasteiger partial charge in [-0.1, -0.05) is 22.9 Å². The second kappa shape index (κ2) is 7.28. The summed E-state index contributed by atoms with van der Waals surface area (Å²) in [5.41, 5.74) is 0. The zero-order valence-electron chi connectivity index (χ0n) is 10.2. The minimum Gasteiger partial charge on any atom is -0.466 e. The van der Waals surface area contributed by atoms with Gasteiger partial charge in [0.1, 0.15) is 0 Å². The van der Waals surface area contributed by atoms with Gasteiger partial charge in [0.15, 0.2) is 0 Å². The van der Waals surface area contributed by atoms with E-state index in [9.17, 15) is 4.79 Å². The van der Waals surface area contributed by atoms with Crippen LogP contribution in [0, 0.1) is 11.8 Å². The van der Waals surface area contributed by atoms with E-state index in [-0.39, 0.29) is 11.9 Å². The first-order valence-corrected chi connectivity index (χ1v) is 7.24. The van der Waals surface area contributed by atoms with E-state index < -0.39 is 0 Å². The van der Waals surface area contributed by atoms with E-state index in [1.54, 1.807) is 0 Å². The molecule has 0 N–H and O–H groups in total. The quantitative estimate of drug-likeness (QED) is 0.575. The number of hydrogen-bond donors (Lipinski definition) is 0. The van der Waals surface area contributed by atoms with Crippen LogP contribution in [0.25, 0.3) is 0 Å². The third kappa shape index (κ3) is 4.42. The molecule has 3 nitrogen and oxygen atoms in total. The lowest BCUT2D eigenvalue weighted by atomic mass is 9.97. The van der Waals surface area contributed by atoms with Crippen molar-refractivity contribution < 1.29 is 9.53 Å². The topological polar surface area (TPSA) is 29.5 Å². The maximum atomic E-state index is 11.6. The molecule has 0 saturated carbocycles. The number of carbonyl (C=O) groups is 1. The van der Waals surface area contributed by atoms with E-state index in [1.165, 1.54) is 0 Å². The molecule has 1 heterocycles. The van der Waals surface area contributed by atoms with Crippen molar-refractivity contribution in [2.24, 2.45) is 11.8 Å². The van der Waals surface area contributed by atoms with Crippen LogP contribution in [0.5, 0.6) is 0 Å². The zero-order chi connectivity index (χ0) is 12.0. The number of alkyl halides is 1. The van der Waals surface area contributed by atoms with Gasteiger partial charge in [-0.3, -0.25) is 4.79 Å². The van der Waals surface area contributed by atoms with Crippen molar-refractivity contribution in [1.29, 1.82) is 0 Å². The number of halogens is 1. The van der Waals surface area contributed by atoms with Gasteiger partial charge in [-0.25, -0.2) is 0 Å². The van der Waals surface area contributed by atoms with E-state index in [0.717, 1.165) is 37.8 Å². The molecule has 0 aromatic heterocycles. The van der Waals surface area contributed by atoms with Crippen LogP contribution in [0.3, 0.4) is 0 Å². The van der Waals surface area contributed by atoms with Gasteiger partial charge in [0.25, 0.3) is 0 Å². The molecule has 0 amide bonds. The number of piperidine rings is 1. The molecule has 1 rings (SSSR count). The Kier molecular flexibility index (Phi) is 6.36. The molecular weight excluding hydrogens is 270 g/mol. The van der Waals surface area contributed by atoms with Crippen molar-refractivity contribution in [2.45, 2.75) is 26.7 Å². The predicted molar refractivity (Wildman–Crippen MR) is 68.8 cm³/mol. The first kappa shape index (κ1) is 14.0. The Hall–Kier alpha value is -0.0900. The van der Waals surface area contributed by atoms with Gasteiger partial charge >= 0.3 is 5.97 Å². The second-order valence-corrected chi connectivity index (χ2v) is 5.26. The highest BCUT2D eigenvalue weighted by atomic mass is 79.9. The standard InChI is InChI=1S/C12H22BrNO2/c1-3-16-12(15)11-5-4-6-14(9-11)8-10(2)7-13/h10-11H,3-9H2,1-2H3. The molecule has 1 aliphatic heterocycles. The molecule has 94 valence electrons.